The van der Waals surface area contributed by atoms with Crippen LogP contribution in [0.5, 0.6) is 11.5 Å². The Bertz CT molecular complexity index is 448. The second kappa shape index (κ2) is 9.23. The number of ether oxygens (including phenoxy) is 3. The van der Waals surface area contributed by atoms with Crippen LogP contribution < -0.4 is 14.8 Å². The molecule has 0 saturated carbocycles. The van der Waals surface area contributed by atoms with Crippen molar-refractivity contribution >= 4 is 5.97 Å². The van der Waals surface area contributed by atoms with Gasteiger partial charge in [0.05, 0.1) is 13.7 Å². The molecule has 1 aromatic carbocycles. The number of carbonyl (C=O) groups excluding carboxylic acids is 1. The Balaban J connectivity index is 2.69. The van der Waals surface area contributed by atoms with Crippen LogP contribution in [0.15, 0.2) is 18.2 Å². The minimum atomic E-state index is -0.476. The van der Waals surface area contributed by atoms with E-state index < -0.39 is 6.04 Å². The Labute approximate surface area is 126 Å². The zero-order valence-electron chi connectivity index (χ0n) is 13.3. The van der Waals surface area contributed by atoms with Crippen molar-refractivity contribution in [1.82, 2.24) is 5.32 Å². The lowest BCUT2D eigenvalue weighted by molar-refractivity contribution is -0.146. The van der Waals surface area contributed by atoms with E-state index in [1.165, 1.54) is 0 Å². The molecule has 118 valence electrons. The van der Waals surface area contributed by atoms with Gasteiger partial charge in [0.2, 0.25) is 0 Å². The molecule has 0 saturated heterocycles. The number of nitrogens with one attached hydrogen (secondary N) is 1. The van der Waals surface area contributed by atoms with Gasteiger partial charge in [0, 0.05) is 0 Å². The predicted octanol–water partition coefficient (Wildman–Crippen LogP) is 2.31. The molecule has 1 unspecified atom stereocenters. The van der Waals surface area contributed by atoms with Gasteiger partial charge >= 0.3 is 5.97 Å². The Kier molecular flexibility index (Phi) is 7.61. The van der Waals surface area contributed by atoms with Crippen molar-refractivity contribution in [3.8, 4) is 11.5 Å². The number of benzene rings is 1. The van der Waals surface area contributed by atoms with E-state index >= 15 is 0 Å². The highest BCUT2D eigenvalue weighted by Crippen LogP contribution is 2.27. The van der Waals surface area contributed by atoms with E-state index in [2.05, 4.69) is 5.32 Å². The van der Waals surface area contributed by atoms with Crippen LogP contribution in [0.25, 0.3) is 0 Å². The molecule has 0 aromatic heterocycles. The van der Waals surface area contributed by atoms with Crippen LogP contribution in [0.4, 0.5) is 0 Å². The third-order valence-electron chi connectivity index (χ3n) is 2.94. The third kappa shape index (κ3) is 5.63. The van der Waals surface area contributed by atoms with Crippen molar-refractivity contribution in [3.63, 3.8) is 0 Å². The summed E-state index contributed by atoms with van der Waals surface area (Å²) in [6, 6.07) is 5.21. The largest absolute Gasteiger partial charge is 0.493 e. The molecule has 5 heteroatoms. The summed E-state index contributed by atoms with van der Waals surface area (Å²) < 4.78 is 16.1. The number of aryl methyl sites for hydroxylation is 1. The number of hydrogen-bond acceptors (Lipinski definition) is 5. The molecule has 1 rings (SSSR count). The Morgan fingerprint density at radius 2 is 2.05 bits per heavy atom. The third-order valence-corrected chi connectivity index (χ3v) is 2.94. The summed E-state index contributed by atoms with van der Waals surface area (Å²) in [5.74, 6) is 0.987. The van der Waals surface area contributed by atoms with Crippen LogP contribution in [0.1, 0.15) is 25.8 Å². The fourth-order valence-corrected chi connectivity index (χ4v) is 1.84. The van der Waals surface area contributed by atoms with Gasteiger partial charge in [0.25, 0.3) is 0 Å². The Morgan fingerprint density at radius 1 is 1.29 bits per heavy atom. The van der Waals surface area contributed by atoms with E-state index in [-0.39, 0.29) is 12.6 Å². The molecular formula is C16H25NO4. The molecule has 1 aromatic rings. The molecule has 1 atom stereocenters. The maximum absolute atomic E-state index is 11.9. The highest BCUT2D eigenvalue weighted by molar-refractivity contribution is 5.76. The van der Waals surface area contributed by atoms with Gasteiger partial charge in [-0.3, -0.25) is 4.79 Å². The van der Waals surface area contributed by atoms with Crippen LogP contribution in [0.2, 0.25) is 0 Å². The van der Waals surface area contributed by atoms with E-state index in [0.717, 1.165) is 18.5 Å². The first kappa shape index (κ1) is 17.3. The van der Waals surface area contributed by atoms with E-state index in [4.69, 9.17) is 14.2 Å². The lowest BCUT2D eigenvalue weighted by Crippen LogP contribution is -2.43. The van der Waals surface area contributed by atoms with Gasteiger partial charge in [0.15, 0.2) is 11.5 Å². The average Bonchev–Trinajstić information content (AvgIpc) is 2.48. The molecule has 1 N–H and O–H groups in total. The monoisotopic (exact) mass is 295 g/mol. The van der Waals surface area contributed by atoms with Crippen LogP contribution in [-0.2, 0) is 9.53 Å². The normalized spacial score (nSPS) is 11.8. The standard InChI is InChI=1S/C16H25NO4/c1-5-9-17-13(16(18)20-6-2)11-21-14-8-7-12(3)10-15(14)19-4/h7-8,10,13,17H,5-6,9,11H2,1-4H3. The van der Waals surface area contributed by atoms with Gasteiger partial charge < -0.3 is 19.5 Å². The average molecular weight is 295 g/mol. The maximum Gasteiger partial charge on any atom is 0.326 e. The van der Waals surface area contributed by atoms with Crippen LogP contribution >= 0.6 is 0 Å². The summed E-state index contributed by atoms with van der Waals surface area (Å²) >= 11 is 0. The van der Waals surface area contributed by atoms with Gasteiger partial charge in [0.1, 0.15) is 12.6 Å². The zero-order valence-corrected chi connectivity index (χ0v) is 13.3. The number of rotatable bonds is 9. The molecule has 0 bridgehead atoms. The van der Waals surface area contributed by atoms with Gasteiger partial charge in [-0.2, -0.15) is 0 Å². The molecule has 0 aliphatic carbocycles. The van der Waals surface area contributed by atoms with Gasteiger partial charge in [-0.05, 0) is 44.5 Å². The summed E-state index contributed by atoms with van der Waals surface area (Å²) in [6.07, 6.45) is 0.934. The summed E-state index contributed by atoms with van der Waals surface area (Å²) in [6.45, 7) is 7.11. The highest BCUT2D eigenvalue weighted by Gasteiger charge is 2.20. The lowest BCUT2D eigenvalue weighted by Gasteiger charge is -2.18. The minimum absolute atomic E-state index is 0.207. The summed E-state index contributed by atoms with van der Waals surface area (Å²) in [5, 5.41) is 3.13. The second-order valence-corrected chi connectivity index (χ2v) is 4.72. The van der Waals surface area contributed by atoms with Crippen molar-refractivity contribution in [1.29, 1.82) is 0 Å². The van der Waals surface area contributed by atoms with Crippen molar-refractivity contribution < 1.29 is 19.0 Å². The molecule has 21 heavy (non-hydrogen) atoms. The van der Waals surface area contributed by atoms with Crippen molar-refractivity contribution in [2.75, 3.05) is 26.9 Å². The summed E-state index contributed by atoms with van der Waals surface area (Å²) in [4.78, 5) is 11.9. The summed E-state index contributed by atoms with van der Waals surface area (Å²) in [7, 11) is 1.60. The Hall–Kier alpha value is -1.75. The van der Waals surface area contributed by atoms with E-state index in [0.29, 0.717) is 18.1 Å². The SMILES string of the molecule is CCCNC(COc1ccc(C)cc1OC)C(=O)OCC. The van der Waals surface area contributed by atoms with Crippen LogP contribution in [-0.4, -0.2) is 38.9 Å². The lowest BCUT2D eigenvalue weighted by atomic mass is 10.2. The first-order valence-corrected chi connectivity index (χ1v) is 7.29. The fourth-order valence-electron chi connectivity index (χ4n) is 1.84. The first-order valence-electron chi connectivity index (χ1n) is 7.29. The maximum atomic E-state index is 11.9. The molecule has 0 aliphatic heterocycles. The molecule has 0 heterocycles. The van der Waals surface area contributed by atoms with Crippen molar-refractivity contribution in [2.45, 2.75) is 33.2 Å². The first-order chi connectivity index (χ1) is 10.1. The highest BCUT2D eigenvalue weighted by atomic mass is 16.5. The molecule has 0 spiro atoms. The number of hydrogen-bond donors (Lipinski definition) is 1. The van der Waals surface area contributed by atoms with Gasteiger partial charge in [-0.1, -0.05) is 13.0 Å². The van der Waals surface area contributed by atoms with Crippen molar-refractivity contribution in [2.24, 2.45) is 0 Å². The molecule has 0 aliphatic rings. The molecule has 0 fully saturated rings. The zero-order chi connectivity index (χ0) is 15.7. The summed E-state index contributed by atoms with van der Waals surface area (Å²) in [5.41, 5.74) is 1.09. The van der Waals surface area contributed by atoms with Gasteiger partial charge in [-0.15, -0.1) is 0 Å². The van der Waals surface area contributed by atoms with Crippen molar-refractivity contribution in [3.05, 3.63) is 23.8 Å². The van der Waals surface area contributed by atoms with Crippen LogP contribution in [0.3, 0.4) is 0 Å². The topological polar surface area (TPSA) is 56.8 Å². The minimum Gasteiger partial charge on any atom is -0.493 e. The predicted molar refractivity (Wildman–Crippen MR) is 81.9 cm³/mol. The fraction of sp³-hybridized carbons (Fsp3) is 0.562. The van der Waals surface area contributed by atoms with E-state index in [9.17, 15) is 4.79 Å². The second-order valence-electron chi connectivity index (χ2n) is 4.72. The number of carbonyl (C=O) groups is 1. The molecular weight excluding hydrogens is 270 g/mol. The molecule has 5 nitrogen and oxygen atoms in total. The Morgan fingerprint density at radius 3 is 2.67 bits per heavy atom. The molecule has 0 amide bonds. The number of methoxy groups -OCH3 is 1. The van der Waals surface area contributed by atoms with E-state index in [1.807, 2.05) is 32.0 Å². The smallest absolute Gasteiger partial charge is 0.326 e. The number of esters is 1. The van der Waals surface area contributed by atoms with Crippen LogP contribution in [0, 0.1) is 6.92 Å². The quantitative estimate of drug-likeness (QED) is 0.709. The van der Waals surface area contributed by atoms with Gasteiger partial charge in [-0.25, -0.2) is 0 Å². The van der Waals surface area contributed by atoms with E-state index in [1.54, 1.807) is 14.0 Å². The molecule has 0 radical (unpaired) electrons.